The van der Waals surface area contributed by atoms with Crippen molar-refractivity contribution in [1.82, 2.24) is 24.8 Å². The van der Waals surface area contributed by atoms with Gasteiger partial charge >= 0.3 is 0 Å². The largest absolute Gasteiger partial charge is 0.379 e. The summed E-state index contributed by atoms with van der Waals surface area (Å²) in [6.07, 6.45) is 9.38. The van der Waals surface area contributed by atoms with Crippen LogP contribution >= 0.6 is 0 Å². The Balaban J connectivity index is 1.23. The van der Waals surface area contributed by atoms with Gasteiger partial charge in [-0.25, -0.2) is 4.98 Å². The number of nitrogens with one attached hydrogen (secondary N) is 2. The minimum absolute atomic E-state index is 0.0477. The van der Waals surface area contributed by atoms with Crippen molar-refractivity contribution in [3.05, 3.63) is 72.6 Å². The molecule has 31 heavy (non-hydrogen) atoms. The van der Waals surface area contributed by atoms with E-state index in [1.165, 1.54) is 5.56 Å². The highest BCUT2D eigenvalue weighted by atomic mass is 16.5. The van der Waals surface area contributed by atoms with Crippen LogP contribution in [0.4, 0.5) is 0 Å². The fourth-order valence-electron chi connectivity index (χ4n) is 5.26. The average molecular weight is 420 g/mol. The Morgan fingerprint density at radius 3 is 2.84 bits per heavy atom. The molecule has 2 N–H and O–H groups in total. The van der Waals surface area contributed by atoms with Crippen molar-refractivity contribution in [1.29, 1.82) is 0 Å². The number of carbonyl (C=O) groups is 1. The van der Waals surface area contributed by atoms with Gasteiger partial charge in [0, 0.05) is 51.0 Å². The van der Waals surface area contributed by atoms with Crippen LogP contribution in [-0.2, 0) is 11.3 Å². The van der Waals surface area contributed by atoms with Gasteiger partial charge in [0.2, 0.25) is 0 Å². The highest BCUT2D eigenvalue weighted by molar-refractivity contribution is 5.92. The van der Waals surface area contributed by atoms with Gasteiger partial charge in [-0.15, -0.1) is 0 Å². The molecule has 7 nitrogen and oxygen atoms in total. The molecule has 5 rings (SSSR count). The molecule has 1 aliphatic carbocycles. The second-order valence-electron chi connectivity index (χ2n) is 8.76. The van der Waals surface area contributed by atoms with E-state index in [0.29, 0.717) is 17.5 Å². The number of aromatic amines is 1. The van der Waals surface area contributed by atoms with Crippen molar-refractivity contribution in [3.8, 4) is 5.69 Å². The number of amides is 1. The van der Waals surface area contributed by atoms with Crippen molar-refractivity contribution in [2.75, 3.05) is 20.2 Å². The van der Waals surface area contributed by atoms with Crippen LogP contribution in [0.2, 0.25) is 0 Å². The number of nitrogens with zero attached hydrogens (tertiary/aromatic N) is 3. The molecule has 0 radical (unpaired) electrons. The second kappa shape index (κ2) is 8.69. The Kier molecular flexibility index (Phi) is 5.61. The topological polar surface area (TPSA) is 75.2 Å². The molecule has 0 bridgehead atoms. The summed E-state index contributed by atoms with van der Waals surface area (Å²) in [4.78, 5) is 22.2. The summed E-state index contributed by atoms with van der Waals surface area (Å²) in [5.74, 6) is 1.14. The molecule has 3 heterocycles. The summed E-state index contributed by atoms with van der Waals surface area (Å²) < 4.78 is 7.82. The lowest BCUT2D eigenvalue weighted by molar-refractivity contribution is 0.0124. The SMILES string of the molecule is CO[C@H]1C[C@@H]2CN(Cc3cccc(-n4ccnc4)c3)C[C@@H]2C[C@@H]1NC(=O)c1ccc[nH]1. The standard InChI is InChI=1S/C24H29N5O2/c1-31-23-12-19-15-28(13-17-4-2-5-20(10-17)29-9-8-25-16-29)14-18(19)11-22(23)27-24(30)21-6-3-7-26-21/h2-10,16,18-19,22-23,26H,11-15H2,1H3,(H,27,30)/t18-,19+,22-,23-/m0/s1. The van der Waals surface area contributed by atoms with Crippen molar-refractivity contribution < 1.29 is 9.53 Å². The first-order valence-corrected chi connectivity index (χ1v) is 11.0. The Hall–Kier alpha value is -2.90. The molecule has 1 amide bonds. The predicted molar refractivity (Wildman–Crippen MR) is 118 cm³/mol. The molecular weight excluding hydrogens is 390 g/mol. The van der Waals surface area contributed by atoms with E-state index in [0.717, 1.165) is 38.2 Å². The maximum atomic E-state index is 12.5. The van der Waals surface area contributed by atoms with Crippen molar-refractivity contribution in [2.45, 2.75) is 31.5 Å². The third-order valence-electron chi connectivity index (χ3n) is 6.77. The van der Waals surface area contributed by atoms with E-state index in [4.69, 9.17) is 4.74 Å². The van der Waals surface area contributed by atoms with Gasteiger partial charge in [-0.2, -0.15) is 0 Å². The van der Waals surface area contributed by atoms with Crippen LogP contribution in [0.5, 0.6) is 0 Å². The van der Waals surface area contributed by atoms with Crippen LogP contribution in [0, 0.1) is 11.8 Å². The number of hydrogen-bond acceptors (Lipinski definition) is 4. The lowest BCUT2D eigenvalue weighted by atomic mass is 9.77. The summed E-state index contributed by atoms with van der Waals surface area (Å²) in [5.41, 5.74) is 3.05. The van der Waals surface area contributed by atoms with Crippen LogP contribution < -0.4 is 5.32 Å². The number of fused-ring (bicyclic) bond motifs is 1. The molecule has 2 aromatic heterocycles. The molecule has 7 heteroatoms. The molecule has 0 unspecified atom stereocenters. The minimum Gasteiger partial charge on any atom is -0.379 e. The normalized spacial score (nSPS) is 26.0. The minimum atomic E-state index is -0.0540. The fraction of sp³-hybridized carbons (Fsp3) is 0.417. The number of likely N-dealkylation sites (tertiary alicyclic amines) is 1. The molecule has 0 spiro atoms. The lowest BCUT2D eigenvalue weighted by Crippen LogP contribution is -2.50. The zero-order chi connectivity index (χ0) is 21.2. The van der Waals surface area contributed by atoms with Gasteiger partial charge in [-0.3, -0.25) is 9.69 Å². The van der Waals surface area contributed by atoms with E-state index in [1.807, 2.05) is 23.2 Å². The average Bonchev–Trinajstić information content (AvgIpc) is 3.54. The van der Waals surface area contributed by atoms with Crippen LogP contribution in [0.1, 0.15) is 28.9 Å². The number of rotatable bonds is 6. The van der Waals surface area contributed by atoms with E-state index >= 15 is 0 Å². The molecule has 1 aliphatic heterocycles. The van der Waals surface area contributed by atoms with Crippen molar-refractivity contribution >= 4 is 5.91 Å². The fourth-order valence-corrected chi connectivity index (χ4v) is 5.26. The number of benzene rings is 1. The Labute approximate surface area is 182 Å². The van der Waals surface area contributed by atoms with Crippen LogP contribution in [-0.4, -0.2) is 57.7 Å². The zero-order valence-corrected chi connectivity index (χ0v) is 17.8. The third kappa shape index (κ3) is 4.29. The first-order valence-electron chi connectivity index (χ1n) is 11.0. The molecule has 1 saturated carbocycles. The second-order valence-corrected chi connectivity index (χ2v) is 8.76. The predicted octanol–water partition coefficient (Wildman–Crippen LogP) is 2.86. The summed E-state index contributed by atoms with van der Waals surface area (Å²) >= 11 is 0. The highest BCUT2D eigenvalue weighted by Gasteiger charge is 2.42. The summed E-state index contributed by atoms with van der Waals surface area (Å²) in [6.45, 7) is 3.08. The molecule has 2 aliphatic rings. The number of methoxy groups -OCH3 is 1. The van der Waals surface area contributed by atoms with Gasteiger partial charge in [0.05, 0.1) is 18.5 Å². The number of imidazole rings is 1. The number of hydrogen-bond donors (Lipinski definition) is 2. The molecule has 1 saturated heterocycles. The van der Waals surface area contributed by atoms with Crippen LogP contribution in [0.15, 0.2) is 61.3 Å². The summed E-state index contributed by atoms with van der Waals surface area (Å²) in [5, 5.41) is 3.20. The Bertz CT molecular complexity index is 1000. The maximum Gasteiger partial charge on any atom is 0.267 e. The van der Waals surface area contributed by atoms with E-state index in [2.05, 4.69) is 44.5 Å². The zero-order valence-electron chi connectivity index (χ0n) is 17.8. The lowest BCUT2D eigenvalue weighted by Gasteiger charge is -2.37. The van der Waals surface area contributed by atoms with Gasteiger partial charge in [-0.1, -0.05) is 12.1 Å². The van der Waals surface area contributed by atoms with Crippen molar-refractivity contribution in [3.63, 3.8) is 0 Å². The number of carbonyl (C=O) groups excluding carboxylic acids is 1. The molecule has 162 valence electrons. The first-order chi connectivity index (χ1) is 15.2. The maximum absolute atomic E-state index is 12.5. The van der Waals surface area contributed by atoms with Crippen LogP contribution in [0.25, 0.3) is 5.69 Å². The molecule has 1 aromatic carbocycles. The summed E-state index contributed by atoms with van der Waals surface area (Å²) in [6, 6.07) is 12.3. The van der Waals surface area contributed by atoms with Gasteiger partial charge < -0.3 is 19.6 Å². The number of aromatic nitrogens is 3. The quantitative estimate of drug-likeness (QED) is 0.644. The van der Waals surface area contributed by atoms with E-state index in [1.54, 1.807) is 25.6 Å². The van der Waals surface area contributed by atoms with E-state index in [-0.39, 0.29) is 18.1 Å². The van der Waals surface area contributed by atoms with Gasteiger partial charge in [0.25, 0.3) is 5.91 Å². The molecule has 4 atom stereocenters. The van der Waals surface area contributed by atoms with E-state index < -0.39 is 0 Å². The number of ether oxygens (including phenoxy) is 1. The monoisotopic (exact) mass is 419 g/mol. The molecule has 3 aromatic rings. The number of H-pyrrole nitrogens is 1. The molecular formula is C24H29N5O2. The van der Waals surface area contributed by atoms with Gasteiger partial charge in [-0.05, 0) is 54.5 Å². The Morgan fingerprint density at radius 1 is 1.23 bits per heavy atom. The Morgan fingerprint density at radius 2 is 2.10 bits per heavy atom. The van der Waals surface area contributed by atoms with Gasteiger partial charge in [0.15, 0.2) is 0 Å². The van der Waals surface area contributed by atoms with Gasteiger partial charge in [0.1, 0.15) is 5.69 Å². The van der Waals surface area contributed by atoms with Crippen molar-refractivity contribution in [2.24, 2.45) is 11.8 Å². The molecule has 2 fully saturated rings. The highest BCUT2D eigenvalue weighted by Crippen LogP contribution is 2.38. The smallest absolute Gasteiger partial charge is 0.267 e. The van der Waals surface area contributed by atoms with E-state index in [9.17, 15) is 4.79 Å². The van der Waals surface area contributed by atoms with Crippen LogP contribution in [0.3, 0.4) is 0 Å². The third-order valence-corrected chi connectivity index (χ3v) is 6.77. The summed E-state index contributed by atoms with van der Waals surface area (Å²) in [7, 11) is 1.76. The first kappa shape index (κ1) is 20.0.